The van der Waals surface area contributed by atoms with E-state index >= 15 is 0 Å². The molecule has 0 unspecified atom stereocenters. The van der Waals surface area contributed by atoms with Crippen molar-refractivity contribution in [2.75, 3.05) is 20.8 Å². The molecule has 0 saturated carbocycles. The zero-order valence-electron chi connectivity index (χ0n) is 20.3. The van der Waals surface area contributed by atoms with Crippen LogP contribution in [0.15, 0.2) is 109 Å². The molecule has 1 atom stereocenters. The third kappa shape index (κ3) is 4.55. The normalized spacial score (nSPS) is 15.2. The van der Waals surface area contributed by atoms with E-state index in [1.807, 2.05) is 54.6 Å². The van der Waals surface area contributed by atoms with Crippen molar-refractivity contribution >= 4 is 0 Å². The fraction of sp³-hybridized carbons (Fsp3) is 0.200. The van der Waals surface area contributed by atoms with E-state index in [1.165, 1.54) is 7.11 Å². The van der Waals surface area contributed by atoms with Crippen molar-refractivity contribution in [1.82, 2.24) is 9.97 Å². The highest BCUT2D eigenvalue weighted by molar-refractivity contribution is 5.47. The lowest BCUT2D eigenvalue weighted by atomic mass is 9.80. The summed E-state index contributed by atoms with van der Waals surface area (Å²) < 4.78 is 23.8. The van der Waals surface area contributed by atoms with Crippen LogP contribution in [-0.2, 0) is 15.1 Å². The van der Waals surface area contributed by atoms with E-state index in [0.717, 1.165) is 28.0 Å². The molecule has 0 amide bonds. The molecule has 0 fully saturated rings. The van der Waals surface area contributed by atoms with Gasteiger partial charge in [-0.2, -0.15) is 4.98 Å². The van der Waals surface area contributed by atoms with Crippen molar-refractivity contribution in [3.8, 4) is 11.9 Å². The molecule has 0 N–H and O–H groups in total. The Morgan fingerprint density at radius 1 is 0.806 bits per heavy atom. The van der Waals surface area contributed by atoms with Crippen LogP contribution >= 0.6 is 0 Å². The number of benzene rings is 3. The predicted octanol–water partition coefficient (Wildman–Crippen LogP) is 5.85. The molecule has 1 aromatic heterocycles. The van der Waals surface area contributed by atoms with Gasteiger partial charge in [0.05, 0.1) is 19.8 Å². The molecule has 1 aliphatic rings. The van der Waals surface area contributed by atoms with Gasteiger partial charge in [0, 0.05) is 12.6 Å². The van der Waals surface area contributed by atoms with E-state index in [0.29, 0.717) is 12.3 Å². The molecule has 0 bridgehead atoms. The number of hydrogen-bond donors (Lipinski definition) is 0. The maximum absolute atomic E-state index is 6.87. The van der Waals surface area contributed by atoms with Gasteiger partial charge in [-0.05, 0) is 22.8 Å². The molecule has 0 spiro atoms. The fourth-order valence-electron chi connectivity index (χ4n) is 4.59. The van der Waals surface area contributed by atoms with Crippen LogP contribution in [0.2, 0.25) is 0 Å². The number of nitrogens with zero attached hydrogens (tertiary/aromatic N) is 2. The van der Waals surface area contributed by atoms with Crippen molar-refractivity contribution in [3.63, 3.8) is 0 Å². The van der Waals surface area contributed by atoms with E-state index in [1.54, 1.807) is 13.3 Å². The Labute approximate surface area is 211 Å². The Bertz CT molecular complexity index is 1210. The Kier molecular flexibility index (Phi) is 6.96. The van der Waals surface area contributed by atoms with Crippen LogP contribution in [0.25, 0.3) is 0 Å². The summed E-state index contributed by atoms with van der Waals surface area (Å²) in [7, 11) is 3.10. The standard InChI is InChI=1S/C30H28N2O4/c1-33-28-26(20-31-29(32-28)34-2)27-19-18-25(36-27)21-35-30(22-12-6-3-7-13-22,23-14-8-4-9-15-23)24-16-10-5-11-17-24/h3-18,20,27H,19,21H2,1-2H3/t27-/m1/s1. The highest BCUT2D eigenvalue weighted by Crippen LogP contribution is 2.42. The van der Waals surface area contributed by atoms with Crippen molar-refractivity contribution in [2.24, 2.45) is 0 Å². The molecule has 0 aliphatic carbocycles. The molecular weight excluding hydrogens is 452 g/mol. The number of methoxy groups -OCH3 is 2. The van der Waals surface area contributed by atoms with Crippen LogP contribution in [0.3, 0.4) is 0 Å². The van der Waals surface area contributed by atoms with Crippen LogP contribution in [-0.4, -0.2) is 30.8 Å². The fourth-order valence-corrected chi connectivity index (χ4v) is 4.59. The van der Waals surface area contributed by atoms with Gasteiger partial charge in [0.15, 0.2) is 0 Å². The minimum atomic E-state index is -0.813. The van der Waals surface area contributed by atoms with Crippen LogP contribution in [0.1, 0.15) is 34.8 Å². The first-order valence-electron chi connectivity index (χ1n) is 11.9. The van der Waals surface area contributed by atoms with E-state index in [2.05, 4.69) is 52.4 Å². The zero-order chi connectivity index (χ0) is 24.8. The van der Waals surface area contributed by atoms with Gasteiger partial charge in [0.2, 0.25) is 5.88 Å². The van der Waals surface area contributed by atoms with Crippen molar-refractivity contribution in [3.05, 3.63) is 131 Å². The van der Waals surface area contributed by atoms with Gasteiger partial charge < -0.3 is 18.9 Å². The van der Waals surface area contributed by atoms with Gasteiger partial charge in [-0.3, -0.25) is 0 Å². The molecule has 5 rings (SSSR count). The second-order valence-electron chi connectivity index (χ2n) is 8.40. The molecule has 6 nitrogen and oxygen atoms in total. The Balaban J connectivity index is 1.45. The van der Waals surface area contributed by atoms with Gasteiger partial charge in [-0.25, -0.2) is 4.98 Å². The van der Waals surface area contributed by atoms with Gasteiger partial charge in [-0.15, -0.1) is 0 Å². The molecule has 3 aromatic carbocycles. The first-order valence-corrected chi connectivity index (χ1v) is 11.9. The number of aromatic nitrogens is 2. The van der Waals surface area contributed by atoms with Gasteiger partial charge in [0.25, 0.3) is 0 Å². The lowest BCUT2D eigenvalue weighted by molar-refractivity contribution is -0.00164. The van der Waals surface area contributed by atoms with Crippen molar-refractivity contribution in [2.45, 2.75) is 18.1 Å². The summed E-state index contributed by atoms with van der Waals surface area (Å²) in [5.74, 6) is 1.19. The summed E-state index contributed by atoms with van der Waals surface area (Å²) in [6, 6.07) is 31.2. The highest BCUT2D eigenvalue weighted by atomic mass is 16.5. The molecule has 182 valence electrons. The third-order valence-electron chi connectivity index (χ3n) is 6.31. The van der Waals surface area contributed by atoms with Gasteiger partial charge >= 0.3 is 6.01 Å². The van der Waals surface area contributed by atoms with E-state index in [-0.39, 0.29) is 18.7 Å². The topological polar surface area (TPSA) is 62.7 Å². The SMILES string of the molecule is COc1ncc([C@H]2CC=C(COC(c3ccccc3)(c3ccccc3)c3ccccc3)O2)c(OC)n1. The number of hydrogen-bond acceptors (Lipinski definition) is 6. The zero-order valence-corrected chi connectivity index (χ0v) is 20.3. The Morgan fingerprint density at radius 3 is 1.86 bits per heavy atom. The second-order valence-corrected chi connectivity index (χ2v) is 8.40. The van der Waals surface area contributed by atoms with Gasteiger partial charge in [-0.1, -0.05) is 91.0 Å². The average Bonchev–Trinajstić information content (AvgIpc) is 3.43. The van der Waals surface area contributed by atoms with E-state index < -0.39 is 5.60 Å². The Hall–Kier alpha value is -4.16. The van der Waals surface area contributed by atoms with E-state index in [4.69, 9.17) is 18.9 Å². The minimum absolute atomic E-state index is 0.253. The van der Waals surface area contributed by atoms with E-state index in [9.17, 15) is 0 Å². The second kappa shape index (κ2) is 10.6. The predicted molar refractivity (Wildman–Crippen MR) is 137 cm³/mol. The number of ether oxygens (including phenoxy) is 4. The monoisotopic (exact) mass is 480 g/mol. The summed E-state index contributed by atoms with van der Waals surface area (Å²) in [4.78, 5) is 8.53. The quantitative estimate of drug-likeness (QED) is 0.280. The molecule has 1 aliphatic heterocycles. The maximum Gasteiger partial charge on any atom is 0.319 e. The van der Waals surface area contributed by atoms with Crippen LogP contribution in [0, 0.1) is 0 Å². The average molecular weight is 481 g/mol. The summed E-state index contributed by atoms with van der Waals surface area (Å²) in [5, 5.41) is 0. The lowest BCUT2D eigenvalue weighted by Crippen LogP contribution is -2.33. The summed E-state index contributed by atoms with van der Waals surface area (Å²) >= 11 is 0. The maximum atomic E-state index is 6.87. The smallest absolute Gasteiger partial charge is 0.319 e. The summed E-state index contributed by atoms with van der Waals surface area (Å²) in [5.41, 5.74) is 3.09. The number of rotatable bonds is 9. The van der Waals surface area contributed by atoms with Crippen LogP contribution in [0.4, 0.5) is 0 Å². The molecular formula is C30H28N2O4. The largest absolute Gasteiger partial charge is 0.487 e. The van der Waals surface area contributed by atoms with Crippen LogP contribution in [0.5, 0.6) is 11.9 Å². The van der Waals surface area contributed by atoms with Crippen LogP contribution < -0.4 is 9.47 Å². The minimum Gasteiger partial charge on any atom is -0.487 e. The third-order valence-corrected chi connectivity index (χ3v) is 6.31. The first-order chi connectivity index (χ1) is 17.7. The summed E-state index contributed by atoms with van der Waals surface area (Å²) in [6.07, 6.45) is 4.15. The summed E-state index contributed by atoms with van der Waals surface area (Å²) in [6.45, 7) is 0.286. The molecule has 2 heterocycles. The van der Waals surface area contributed by atoms with Crippen molar-refractivity contribution in [1.29, 1.82) is 0 Å². The molecule has 6 heteroatoms. The van der Waals surface area contributed by atoms with Gasteiger partial charge in [0.1, 0.15) is 24.1 Å². The van der Waals surface area contributed by atoms with Crippen molar-refractivity contribution < 1.29 is 18.9 Å². The Morgan fingerprint density at radius 2 is 1.36 bits per heavy atom. The first kappa shape index (κ1) is 23.6. The highest BCUT2D eigenvalue weighted by Gasteiger charge is 2.38. The molecule has 0 saturated heterocycles. The molecule has 4 aromatic rings. The molecule has 36 heavy (non-hydrogen) atoms. The molecule has 0 radical (unpaired) electrons. The lowest BCUT2D eigenvalue weighted by Gasteiger charge is -2.36.